The molecule has 9 rings (SSSR count). The number of aryl methyl sites for hydroxylation is 2. The fourth-order valence-electron chi connectivity index (χ4n) is 8.22. The Balaban J connectivity index is 1.49. The summed E-state index contributed by atoms with van der Waals surface area (Å²) in [7, 11) is -2.41. The van der Waals surface area contributed by atoms with E-state index in [1.54, 1.807) is 10.4 Å². The van der Waals surface area contributed by atoms with Gasteiger partial charge in [-0.25, -0.2) is 0 Å². The number of anilines is 6. The lowest BCUT2D eigenvalue weighted by molar-refractivity contribution is 1.24. The highest BCUT2D eigenvalue weighted by Crippen LogP contribution is 2.44. The van der Waals surface area contributed by atoms with Gasteiger partial charge in [0.1, 0.15) is 8.07 Å². The summed E-state index contributed by atoms with van der Waals surface area (Å²) in [5, 5.41) is 4.57. The fraction of sp³-hybridized carbons (Fsp3) is 0.0769. The Hall–Kier alpha value is -4.80. The molecule has 0 amide bonds. The normalized spacial score (nSPS) is 14.9. The summed E-state index contributed by atoms with van der Waals surface area (Å²) in [6, 6.07) is 50.1. The van der Waals surface area contributed by atoms with Crippen LogP contribution in [0.3, 0.4) is 0 Å². The molecule has 0 aromatic heterocycles. The molecular formula is C39H31BN2Si. The molecule has 0 atom stereocenters. The summed E-state index contributed by atoms with van der Waals surface area (Å²) in [6.45, 7) is 7.34. The average molecular weight is 567 g/mol. The molecule has 0 saturated heterocycles. The van der Waals surface area contributed by atoms with Crippen LogP contribution in [0.5, 0.6) is 0 Å². The van der Waals surface area contributed by atoms with E-state index >= 15 is 0 Å². The van der Waals surface area contributed by atoms with Gasteiger partial charge in [0.25, 0.3) is 6.71 Å². The van der Waals surface area contributed by atoms with Gasteiger partial charge in [0.2, 0.25) is 0 Å². The van der Waals surface area contributed by atoms with Crippen LogP contribution in [0.15, 0.2) is 133 Å². The van der Waals surface area contributed by atoms with Crippen molar-refractivity contribution in [2.24, 2.45) is 0 Å². The first kappa shape index (κ1) is 24.8. The molecule has 0 spiro atoms. The van der Waals surface area contributed by atoms with Crippen LogP contribution >= 0.6 is 0 Å². The Morgan fingerprint density at radius 1 is 0.465 bits per heavy atom. The first-order valence-electron chi connectivity index (χ1n) is 15.2. The zero-order valence-corrected chi connectivity index (χ0v) is 25.7. The second-order valence-corrected chi connectivity index (χ2v) is 16.4. The molecule has 3 aliphatic heterocycles. The maximum Gasteiger partial charge on any atom is 0.251 e. The molecule has 0 aliphatic carbocycles. The molecule has 204 valence electrons. The molecule has 2 nitrogen and oxygen atoms in total. The van der Waals surface area contributed by atoms with Crippen LogP contribution in [0.4, 0.5) is 34.1 Å². The maximum absolute atomic E-state index is 2.60. The standard InChI is InChI=1S/C39H31BN2Si/c1-26-22-33-38-35(24-26)43(3,30-18-11-6-12-19-30)36-25-27(2)23-34-39(36)40(38)37-31(41(33)28-14-7-4-8-15-28)20-13-21-32(37)42(34)29-16-9-5-10-17-29/h4-25H,1-3H3. The van der Waals surface area contributed by atoms with Crippen molar-refractivity contribution >= 4 is 80.9 Å². The third kappa shape index (κ3) is 3.24. The van der Waals surface area contributed by atoms with Crippen LogP contribution in [0, 0.1) is 13.8 Å². The number of hydrogen-bond donors (Lipinski definition) is 0. The van der Waals surface area contributed by atoms with Crippen molar-refractivity contribution in [3.63, 3.8) is 0 Å². The van der Waals surface area contributed by atoms with Gasteiger partial charge >= 0.3 is 0 Å². The number of benzene rings is 6. The zero-order valence-electron chi connectivity index (χ0n) is 24.7. The largest absolute Gasteiger partial charge is 0.311 e. The molecule has 43 heavy (non-hydrogen) atoms. The van der Waals surface area contributed by atoms with Crippen LogP contribution in [-0.2, 0) is 0 Å². The molecule has 0 radical (unpaired) electrons. The minimum absolute atomic E-state index is 0.187. The first-order valence-corrected chi connectivity index (χ1v) is 17.7. The van der Waals surface area contributed by atoms with Crippen molar-refractivity contribution in [3.8, 4) is 0 Å². The van der Waals surface area contributed by atoms with Crippen molar-refractivity contribution in [3.05, 3.63) is 145 Å². The monoisotopic (exact) mass is 566 g/mol. The molecule has 0 saturated carbocycles. The van der Waals surface area contributed by atoms with Crippen molar-refractivity contribution in [2.75, 3.05) is 9.80 Å². The Kier molecular flexibility index (Phi) is 5.10. The average Bonchev–Trinajstić information content (AvgIpc) is 3.04. The predicted octanol–water partition coefficient (Wildman–Crippen LogP) is 5.80. The SMILES string of the molecule is Cc1cc2c3c(c1)[Si](C)(c1ccccc1)c1cc(C)cc4c1B3c1c(cccc1N4c1ccccc1)N2c1ccccc1. The van der Waals surface area contributed by atoms with Crippen molar-refractivity contribution < 1.29 is 0 Å². The van der Waals surface area contributed by atoms with Gasteiger partial charge in [0, 0.05) is 34.1 Å². The van der Waals surface area contributed by atoms with Crippen LogP contribution in [0.1, 0.15) is 11.1 Å². The van der Waals surface area contributed by atoms with Gasteiger partial charge in [0.05, 0.1) is 0 Å². The van der Waals surface area contributed by atoms with Gasteiger partial charge < -0.3 is 9.80 Å². The van der Waals surface area contributed by atoms with E-state index in [2.05, 4.69) is 164 Å². The summed E-state index contributed by atoms with van der Waals surface area (Å²) in [4.78, 5) is 5.07. The molecule has 3 aliphatic rings. The van der Waals surface area contributed by atoms with Crippen LogP contribution < -0.4 is 41.7 Å². The van der Waals surface area contributed by atoms with Crippen molar-refractivity contribution in [2.45, 2.75) is 20.4 Å². The highest BCUT2D eigenvalue weighted by molar-refractivity contribution is 7.21. The maximum atomic E-state index is 2.60. The second kappa shape index (κ2) is 8.86. The van der Waals surface area contributed by atoms with Crippen LogP contribution in [0.25, 0.3) is 0 Å². The lowest BCUT2D eigenvalue weighted by Crippen LogP contribution is -2.83. The highest BCUT2D eigenvalue weighted by atomic mass is 28.3. The molecular weight excluding hydrogens is 535 g/mol. The Labute approximate surface area is 255 Å². The third-order valence-electron chi connectivity index (χ3n) is 9.95. The number of hydrogen-bond acceptors (Lipinski definition) is 2. The molecule has 6 aromatic carbocycles. The van der Waals surface area contributed by atoms with E-state index in [-0.39, 0.29) is 6.71 Å². The lowest BCUT2D eigenvalue weighted by Gasteiger charge is -2.51. The summed E-state index contributed by atoms with van der Waals surface area (Å²) < 4.78 is 0. The number of rotatable bonds is 3. The van der Waals surface area contributed by atoms with E-state index < -0.39 is 8.07 Å². The zero-order chi connectivity index (χ0) is 28.9. The van der Waals surface area contributed by atoms with E-state index in [0.717, 1.165) is 0 Å². The topological polar surface area (TPSA) is 6.48 Å². The minimum atomic E-state index is -2.41. The van der Waals surface area contributed by atoms with E-state index in [0.29, 0.717) is 0 Å². The molecule has 0 fully saturated rings. The predicted molar refractivity (Wildman–Crippen MR) is 187 cm³/mol. The van der Waals surface area contributed by atoms with Crippen LogP contribution in [0.2, 0.25) is 6.55 Å². The van der Waals surface area contributed by atoms with E-state index in [1.165, 1.54) is 66.8 Å². The number of nitrogens with zero attached hydrogens (tertiary/aromatic N) is 2. The summed E-state index contributed by atoms with van der Waals surface area (Å²) in [6.07, 6.45) is 0. The fourth-order valence-corrected chi connectivity index (χ4v) is 12.6. The highest BCUT2D eigenvalue weighted by Gasteiger charge is 2.53. The smallest absolute Gasteiger partial charge is 0.251 e. The molecule has 0 bridgehead atoms. The molecule has 0 unspecified atom stereocenters. The van der Waals surface area contributed by atoms with Crippen molar-refractivity contribution in [1.29, 1.82) is 0 Å². The van der Waals surface area contributed by atoms with Gasteiger partial charge in [-0.2, -0.15) is 0 Å². The lowest BCUT2D eigenvalue weighted by atomic mass is 9.33. The Morgan fingerprint density at radius 2 is 0.907 bits per heavy atom. The van der Waals surface area contributed by atoms with Gasteiger partial charge in [-0.1, -0.05) is 102 Å². The van der Waals surface area contributed by atoms with Gasteiger partial charge in [0.15, 0.2) is 0 Å². The summed E-state index contributed by atoms with van der Waals surface area (Å²) >= 11 is 0. The molecule has 6 aromatic rings. The van der Waals surface area contributed by atoms with Gasteiger partial charge in [-0.05, 0) is 95.1 Å². The number of para-hydroxylation sites is 2. The van der Waals surface area contributed by atoms with E-state index in [1.807, 2.05) is 0 Å². The first-order chi connectivity index (χ1) is 21.1. The quantitative estimate of drug-likeness (QED) is 0.250. The molecule has 0 N–H and O–H groups in total. The molecule has 4 heteroatoms. The van der Waals surface area contributed by atoms with Gasteiger partial charge in [-0.15, -0.1) is 0 Å². The van der Waals surface area contributed by atoms with E-state index in [4.69, 9.17) is 0 Å². The Morgan fingerprint density at radius 3 is 1.37 bits per heavy atom. The minimum Gasteiger partial charge on any atom is -0.311 e. The van der Waals surface area contributed by atoms with Crippen LogP contribution in [-0.4, -0.2) is 14.8 Å². The van der Waals surface area contributed by atoms with E-state index in [9.17, 15) is 0 Å². The van der Waals surface area contributed by atoms with Crippen molar-refractivity contribution in [1.82, 2.24) is 0 Å². The van der Waals surface area contributed by atoms with Gasteiger partial charge in [-0.3, -0.25) is 0 Å². The Bertz CT molecular complexity index is 1950. The molecule has 3 heterocycles. The summed E-state index contributed by atoms with van der Waals surface area (Å²) in [5.41, 5.74) is 14.7. The second-order valence-electron chi connectivity index (χ2n) is 12.5. The summed E-state index contributed by atoms with van der Waals surface area (Å²) in [5.74, 6) is 0. The third-order valence-corrected chi connectivity index (χ3v) is 14.4.